The number of amides is 2. The van der Waals surface area contributed by atoms with Crippen molar-refractivity contribution in [3.05, 3.63) is 66.5 Å². The van der Waals surface area contributed by atoms with Crippen LogP contribution in [0.2, 0.25) is 0 Å². The molecular formula is C21H17F2N5O2. The standard InChI is InChI=1S/C21H17F2N5O2/c22-16-11-27(12-16)21(29)25-17-1-2-18(23)19(8-17)28-10-15-7-14(9-24-20(15)26-28)13-3-5-30-6-4-13/h1-5,7-10,16H,6,11-12H2,(H,25,29). The molecule has 2 aliphatic rings. The maximum absolute atomic E-state index is 14.5. The van der Waals surface area contributed by atoms with Crippen molar-refractivity contribution in [2.24, 2.45) is 0 Å². The molecule has 5 rings (SSSR count). The third-order valence-corrected chi connectivity index (χ3v) is 5.00. The molecule has 0 aliphatic carbocycles. The highest BCUT2D eigenvalue weighted by Crippen LogP contribution is 2.25. The fourth-order valence-corrected chi connectivity index (χ4v) is 3.35. The Bertz CT molecular complexity index is 1200. The molecule has 0 bridgehead atoms. The second kappa shape index (κ2) is 7.25. The number of hydrogen-bond acceptors (Lipinski definition) is 4. The molecule has 2 amide bonds. The molecule has 0 atom stereocenters. The second-order valence-corrected chi connectivity index (χ2v) is 7.10. The van der Waals surface area contributed by atoms with Gasteiger partial charge in [-0.1, -0.05) is 0 Å². The van der Waals surface area contributed by atoms with Crippen molar-refractivity contribution in [1.82, 2.24) is 19.7 Å². The molecule has 3 aromatic rings. The van der Waals surface area contributed by atoms with E-state index in [-0.39, 0.29) is 18.8 Å². The number of aromatic nitrogens is 3. The minimum atomic E-state index is -0.985. The lowest BCUT2D eigenvalue weighted by Crippen LogP contribution is -2.53. The number of nitrogens with one attached hydrogen (secondary N) is 1. The van der Waals surface area contributed by atoms with E-state index in [2.05, 4.69) is 15.4 Å². The van der Waals surface area contributed by atoms with E-state index in [0.29, 0.717) is 17.9 Å². The number of rotatable bonds is 3. The van der Waals surface area contributed by atoms with Gasteiger partial charge in [0, 0.05) is 29.0 Å². The molecule has 1 fully saturated rings. The van der Waals surface area contributed by atoms with Crippen LogP contribution in [0.4, 0.5) is 19.3 Å². The van der Waals surface area contributed by atoms with Gasteiger partial charge in [-0.15, -0.1) is 5.10 Å². The smallest absolute Gasteiger partial charge is 0.322 e. The molecule has 0 radical (unpaired) electrons. The van der Waals surface area contributed by atoms with Crippen LogP contribution in [0.5, 0.6) is 0 Å². The Labute approximate surface area is 170 Å². The number of nitrogens with zero attached hydrogens (tertiary/aromatic N) is 4. The summed E-state index contributed by atoms with van der Waals surface area (Å²) in [5.41, 5.74) is 2.93. The number of carbonyl (C=O) groups excluding carboxylic acids is 1. The first-order valence-electron chi connectivity index (χ1n) is 9.41. The van der Waals surface area contributed by atoms with Crippen molar-refractivity contribution in [2.75, 3.05) is 25.0 Å². The zero-order chi connectivity index (χ0) is 20.7. The molecule has 7 nitrogen and oxygen atoms in total. The van der Waals surface area contributed by atoms with Gasteiger partial charge in [0.05, 0.1) is 19.4 Å². The van der Waals surface area contributed by atoms with Gasteiger partial charge >= 0.3 is 6.03 Å². The third-order valence-electron chi connectivity index (χ3n) is 5.00. The molecule has 152 valence electrons. The summed E-state index contributed by atoms with van der Waals surface area (Å²) in [6.07, 6.45) is 7.84. The normalized spacial score (nSPS) is 16.2. The number of fused-ring (bicyclic) bond motifs is 1. The van der Waals surface area contributed by atoms with Gasteiger partial charge in [0.1, 0.15) is 24.3 Å². The molecule has 1 N–H and O–H groups in total. The van der Waals surface area contributed by atoms with E-state index >= 15 is 0 Å². The quantitative estimate of drug-likeness (QED) is 0.717. The molecule has 2 aliphatic heterocycles. The second-order valence-electron chi connectivity index (χ2n) is 7.10. The van der Waals surface area contributed by atoms with Crippen LogP contribution in [0.1, 0.15) is 5.56 Å². The van der Waals surface area contributed by atoms with Crippen molar-refractivity contribution >= 4 is 28.3 Å². The van der Waals surface area contributed by atoms with Gasteiger partial charge in [-0.2, -0.15) is 0 Å². The molecule has 4 heterocycles. The average Bonchev–Trinajstić information content (AvgIpc) is 3.16. The summed E-state index contributed by atoms with van der Waals surface area (Å²) in [6.45, 7) is 0.628. The maximum atomic E-state index is 14.5. The molecule has 2 aromatic heterocycles. The van der Waals surface area contributed by atoms with E-state index in [1.807, 2.05) is 18.2 Å². The van der Waals surface area contributed by atoms with Gasteiger partial charge in [0.25, 0.3) is 0 Å². The first-order valence-corrected chi connectivity index (χ1v) is 9.41. The number of urea groups is 1. The highest BCUT2D eigenvalue weighted by atomic mass is 19.1. The topological polar surface area (TPSA) is 72.3 Å². The summed E-state index contributed by atoms with van der Waals surface area (Å²) in [4.78, 5) is 17.8. The number of benzene rings is 1. The number of hydrogen-bond donors (Lipinski definition) is 1. The van der Waals surface area contributed by atoms with Gasteiger partial charge in [0.15, 0.2) is 5.65 Å². The van der Waals surface area contributed by atoms with Crippen molar-refractivity contribution in [3.8, 4) is 5.69 Å². The minimum Gasteiger partial charge on any atom is -0.497 e. The summed E-state index contributed by atoms with van der Waals surface area (Å²) in [5.74, 6) is -0.496. The van der Waals surface area contributed by atoms with Gasteiger partial charge < -0.3 is 15.0 Å². The van der Waals surface area contributed by atoms with Crippen LogP contribution in [0.15, 0.2) is 55.1 Å². The van der Waals surface area contributed by atoms with Crippen LogP contribution in [-0.4, -0.2) is 51.6 Å². The first kappa shape index (κ1) is 18.3. The van der Waals surface area contributed by atoms with Crippen LogP contribution in [0.25, 0.3) is 22.3 Å². The van der Waals surface area contributed by atoms with Gasteiger partial charge in [-0.3, -0.25) is 0 Å². The summed E-state index contributed by atoms with van der Waals surface area (Å²) in [6, 6.07) is 5.69. The summed E-state index contributed by atoms with van der Waals surface area (Å²) >= 11 is 0. The Morgan fingerprint density at radius 2 is 2.13 bits per heavy atom. The number of halogens is 2. The lowest BCUT2D eigenvalue weighted by atomic mass is 10.1. The predicted octanol–water partition coefficient (Wildman–Crippen LogP) is 3.67. The number of anilines is 1. The Hall–Kier alpha value is -3.75. The lowest BCUT2D eigenvalue weighted by molar-refractivity contribution is 0.0974. The van der Waals surface area contributed by atoms with Crippen LogP contribution in [0, 0.1) is 5.82 Å². The van der Waals surface area contributed by atoms with Crippen molar-refractivity contribution < 1.29 is 18.3 Å². The van der Waals surface area contributed by atoms with Gasteiger partial charge in [-0.25, -0.2) is 23.2 Å². The summed E-state index contributed by atoms with van der Waals surface area (Å²) in [5, 5.41) is 7.76. The Morgan fingerprint density at radius 3 is 2.90 bits per heavy atom. The number of alkyl halides is 1. The van der Waals surface area contributed by atoms with E-state index in [0.717, 1.165) is 16.5 Å². The van der Waals surface area contributed by atoms with Crippen molar-refractivity contribution in [1.29, 1.82) is 0 Å². The van der Waals surface area contributed by atoms with E-state index < -0.39 is 18.0 Å². The Morgan fingerprint density at radius 1 is 1.27 bits per heavy atom. The zero-order valence-corrected chi connectivity index (χ0v) is 15.8. The molecule has 0 saturated carbocycles. The van der Waals surface area contributed by atoms with Crippen LogP contribution in [-0.2, 0) is 4.74 Å². The highest BCUT2D eigenvalue weighted by Gasteiger charge is 2.30. The molecule has 30 heavy (non-hydrogen) atoms. The minimum absolute atomic E-state index is 0.0657. The van der Waals surface area contributed by atoms with E-state index in [4.69, 9.17) is 4.74 Å². The number of pyridine rings is 1. The van der Waals surface area contributed by atoms with Crippen molar-refractivity contribution in [2.45, 2.75) is 6.17 Å². The first-order chi connectivity index (χ1) is 14.6. The third kappa shape index (κ3) is 3.38. The van der Waals surface area contributed by atoms with E-state index in [9.17, 15) is 13.6 Å². The van der Waals surface area contributed by atoms with Crippen LogP contribution < -0.4 is 5.32 Å². The number of allylic oxidation sites excluding steroid dienone is 2. The monoisotopic (exact) mass is 409 g/mol. The number of likely N-dealkylation sites (tertiary alicyclic amines) is 1. The Kier molecular flexibility index (Phi) is 4.42. The predicted molar refractivity (Wildman–Crippen MR) is 107 cm³/mol. The fraction of sp³-hybridized carbons (Fsp3) is 0.190. The molecule has 1 saturated heterocycles. The average molecular weight is 409 g/mol. The van der Waals surface area contributed by atoms with E-state index in [1.54, 1.807) is 18.7 Å². The maximum Gasteiger partial charge on any atom is 0.322 e. The largest absolute Gasteiger partial charge is 0.497 e. The SMILES string of the molecule is O=C(Nc1ccc(F)c(-n2cc3cc(C4=CCOC=C4)cnc3n2)c1)N1CC(F)C1. The molecular weight excluding hydrogens is 392 g/mol. The van der Waals surface area contributed by atoms with E-state index in [1.165, 1.54) is 27.8 Å². The van der Waals surface area contributed by atoms with Gasteiger partial charge in [0.2, 0.25) is 0 Å². The fourth-order valence-electron chi connectivity index (χ4n) is 3.35. The summed E-state index contributed by atoms with van der Waals surface area (Å²) in [7, 11) is 0. The zero-order valence-electron chi connectivity index (χ0n) is 15.8. The Balaban J connectivity index is 1.43. The lowest BCUT2D eigenvalue weighted by Gasteiger charge is -2.34. The molecule has 1 aromatic carbocycles. The van der Waals surface area contributed by atoms with Crippen LogP contribution in [0.3, 0.4) is 0 Å². The van der Waals surface area contributed by atoms with Crippen molar-refractivity contribution in [3.63, 3.8) is 0 Å². The number of ether oxygens (including phenoxy) is 1. The molecule has 9 heteroatoms. The molecule has 0 spiro atoms. The number of carbonyl (C=O) groups is 1. The van der Waals surface area contributed by atoms with Gasteiger partial charge in [-0.05, 0) is 42.0 Å². The highest BCUT2D eigenvalue weighted by molar-refractivity contribution is 5.90. The van der Waals surface area contributed by atoms with Crippen LogP contribution >= 0.6 is 0 Å². The molecule has 0 unspecified atom stereocenters. The summed E-state index contributed by atoms with van der Waals surface area (Å²) < 4.78 is 34.0.